The number of pyridine rings is 1. The summed E-state index contributed by atoms with van der Waals surface area (Å²) in [5.74, 6) is 0. The molecule has 3 heteroatoms. The standard InChI is InChI=1S/C28H24N2O/c1-20-15-17-23(18-16-20)30(31)27-14-8-13-24-25(21-9-4-2-5-10-21)19-26(29-28(24)27)22-11-6-3-7-12-22/h2-7,9-12,14-19,31H,8,13H2,1H3. The van der Waals surface area contributed by atoms with Crippen molar-refractivity contribution in [1.29, 1.82) is 0 Å². The molecule has 0 atom stereocenters. The summed E-state index contributed by atoms with van der Waals surface area (Å²) >= 11 is 0. The highest BCUT2D eigenvalue weighted by Crippen LogP contribution is 2.38. The number of hydroxylamine groups is 1. The zero-order valence-electron chi connectivity index (χ0n) is 17.5. The van der Waals surface area contributed by atoms with E-state index in [9.17, 15) is 5.21 Å². The van der Waals surface area contributed by atoms with Crippen LogP contribution in [0.3, 0.4) is 0 Å². The Morgan fingerprint density at radius 3 is 2.13 bits per heavy atom. The van der Waals surface area contributed by atoms with Gasteiger partial charge in [-0.05, 0) is 54.7 Å². The molecule has 1 N–H and O–H groups in total. The second kappa shape index (κ2) is 8.21. The molecule has 3 nitrogen and oxygen atoms in total. The predicted octanol–water partition coefficient (Wildman–Crippen LogP) is 6.91. The molecule has 5 rings (SSSR count). The van der Waals surface area contributed by atoms with Crippen LogP contribution in [0, 0.1) is 6.92 Å². The molecule has 0 unspecified atom stereocenters. The number of allylic oxidation sites excluding steroid dienone is 1. The van der Waals surface area contributed by atoms with Gasteiger partial charge in [0.15, 0.2) is 0 Å². The molecule has 0 radical (unpaired) electrons. The number of fused-ring (bicyclic) bond motifs is 1. The van der Waals surface area contributed by atoms with Crippen LogP contribution in [0.2, 0.25) is 0 Å². The van der Waals surface area contributed by atoms with E-state index >= 15 is 0 Å². The molecule has 1 aliphatic carbocycles. The fraction of sp³-hybridized carbons (Fsp3) is 0.107. The van der Waals surface area contributed by atoms with Crippen molar-refractivity contribution < 1.29 is 5.21 Å². The maximum atomic E-state index is 11.1. The third-order valence-corrected chi connectivity index (χ3v) is 5.76. The van der Waals surface area contributed by atoms with Gasteiger partial charge in [0.05, 0.1) is 22.8 Å². The topological polar surface area (TPSA) is 36.4 Å². The summed E-state index contributed by atoms with van der Waals surface area (Å²) in [6.45, 7) is 2.04. The zero-order chi connectivity index (χ0) is 21.2. The molecule has 3 aromatic carbocycles. The number of hydrogen-bond acceptors (Lipinski definition) is 3. The third-order valence-electron chi connectivity index (χ3n) is 5.76. The molecule has 0 fully saturated rings. The summed E-state index contributed by atoms with van der Waals surface area (Å²) in [5.41, 5.74) is 8.95. The number of nitrogens with zero attached hydrogens (tertiary/aromatic N) is 2. The molecule has 0 bridgehead atoms. The van der Waals surface area contributed by atoms with E-state index in [4.69, 9.17) is 4.98 Å². The van der Waals surface area contributed by atoms with Gasteiger partial charge in [0.2, 0.25) is 0 Å². The summed E-state index contributed by atoms with van der Waals surface area (Å²) < 4.78 is 0. The summed E-state index contributed by atoms with van der Waals surface area (Å²) in [6, 6.07) is 30.7. The Morgan fingerprint density at radius 1 is 0.806 bits per heavy atom. The molecule has 0 spiro atoms. The lowest BCUT2D eigenvalue weighted by Crippen LogP contribution is -2.21. The van der Waals surface area contributed by atoms with E-state index in [0.29, 0.717) is 0 Å². The monoisotopic (exact) mass is 404 g/mol. The second-order valence-electron chi connectivity index (χ2n) is 7.89. The van der Waals surface area contributed by atoms with Crippen molar-refractivity contribution in [2.24, 2.45) is 0 Å². The molecule has 1 heterocycles. The van der Waals surface area contributed by atoms with Crippen molar-refractivity contribution in [3.8, 4) is 22.4 Å². The smallest absolute Gasteiger partial charge is 0.0933 e. The van der Waals surface area contributed by atoms with E-state index in [-0.39, 0.29) is 0 Å². The minimum absolute atomic E-state index is 0.734. The lowest BCUT2D eigenvalue weighted by atomic mass is 9.89. The maximum absolute atomic E-state index is 11.1. The fourth-order valence-electron chi connectivity index (χ4n) is 4.13. The molecular formula is C28H24N2O. The first-order valence-electron chi connectivity index (χ1n) is 10.6. The summed E-state index contributed by atoms with van der Waals surface area (Å²) in [4.78, 5) is 5.05. The molecule has 0 saturated heterocycles. The predicted molar refractivity (Wildman–Crippen MR) is 127 cm³/mol. The Kier molecular flexibility index (Phi) is 5.11. The van der Waals surface area contributed by atoms with Crippen molar-refractivity contribution in [1.82, 2.24) is 4.98 Å². The van der Waals surface area contributed by atoms with Gasteiger partial charge in [-0.15, -0.1) is 0 Å². The fourth-order valence-corrected chi connectivity index (χ4v) is 4.13. The minimum Gasteiger partial charge on any atom is -0.283 e. The van der Waals surface area contributed by atoms with Gasteiger partial charge in [-0.1, -0.05) is 84.4 Å². The zero-order valence-corrected chi connectivity index (χ0v) is 17.5. The SMILES string of the molecule is Cc1ccc(N(O)C2=CCCc3c(-c4ccccc4)cc(-c4ccccc4)nc32)cc1. The van der Waals surface area contributed by atoms with Crippen LogP contribution >= 0.6 is 0 Å². The van der Waals surface area contributed by atoms with Gasteiger partial charge < -0.3 is 0 Å². The molecule has 0 amide bonds. The van der Waals surface area contributed by atoms with Crippen LogP contribution in [0.15, 0.2) is 97.1 Å². The van der Waals surface area contributed by atoms with E-state index < -0.39 is 0 Å². The van der Waals surface area contributed by atoms with Crippen LogP contribution in [0.4, 0.5) is 5.69 Å². The van der Waals surface area contributed by atoms with E-state index in [1.807, 2.05) is 55.5 Å². The Labute approximate surface area is 182 Å². The molecule has 152 valence electrons. The lowest BCUT2D eigenvalue weighted by Gasteiger charge is -2.27. The number of benzene rings is 3. The first-order valence-corrected chi connectivity index (χ1v) is 10.6. The average molecular weight is 405 g/mol. The quantitative estimate of drug-likeness (QED) is 0.376. The number of aryl methyl sites for hydroxylation is 1. The van der Waals surface area contributed by atoms with Gasteiger partial charge in [0.1, 0.15) is 0 Å². The highest BCUT2D eigenvalue weighted by Gasteiger charge is 2.24. The number of hydrogen-bond donors (Lipinski definition) is 1. The molecule has 1 aromatic heterocycles. The molecule has 4 aromatic rings. The van der Waals surface area contributed by atoms with E-state index in [0.717, 1.165) is 46.7 Å². The Morgan fingerprint density at radius 2 is 1.45 bits per heavy atom. The van der Waals surface area contributed by atoms with Crippen LogP contribution in [0.5, 0.6) is 0 Å². The summed E-state index contributed by atoms with van der Waals surface area (Å²) in [7, 11) is 0. The number of aromatic nitrogens is 1. The number of rotatable bonds is 4. The minimum atomic E-state index is 0.734. The third kappa shape index (κ3) is 3.76. The van der Waals surface area contributed by atoms with Crippen LogP contribution in [0.1, 0.15) is 23.2 Å². The van der Waals surface area contributed by atoms with Gasteiger partial charge in [0, 0.05) is 5.56 Å². The van der Waals surface area contributed by atoms with Gasteiger partial charge in [-0.2, -0.15) is 0 Å². The Hall–Kier alpha value is -3.69. The molecule has 0 saturated carbocycles. The van der Waals surface area contributed by atoms with Crippen LogP contribution in [-0.2, 0) is 6.42 Å². The first-order chi connectivity index (χ1) is 15.2. The lowest BCUT2D eigenvalue weighted by molar-refractivity contribution is 0.303. The van der Waals surface area contributed by atoms with E-state index in [2.05, 4.69) is 48.5 Å². The molecule has 31 heavy (non-hydrogen) atoms. The van der Waals surface area contributed by atoms with Gasteiger partial charge in [0.25, 0.3) is 0 Å². The number of anilines is 1. The average Bonchev–Trinajstić information content (AvgIpc) is 2.84. The largest absolute Gasteiger partial charge is 0.283 e. The normalized spacial score (nSPS) is 12.8. The van der Waals surface area contributed by atoms with Crippen LogP contribution in [-0.4, -0.2) is 10.2 Å². The van der Waals surface area contributed by atoms with Crippen molar-refractivity contribution in [3.63, 3.8) is 0 Å². The molecule has 0 aliphatic heterocycles. The van der Waals surface area contributed by atoms with Crippen LogP contribution < -0.4 is 5.06 Å². The summed E-state index contributed by atoms with van der Waals surface area (Å²) in [6.07, 6.45) is 3.84. The van der Waals surface area contributed by atoms with E-state index in [1.54, 1.807) is 0 Å². The highest BCUT2D eigenvalue weighted by molar-refractivity contribution is 5.85. The Bertz CT molecular complexity index is 1230. The van der Waals surface area contributed by atoms with Gasteiger partial charge >= 0.3 is 0 Å². The van der Waals surface area contributed by atoms with E-state index in [1.165, 1.54) is 21.8 Å². The molecule has 1 aliphatic rings. The maximum Gasteiger partial charge on any atom is 0.0933 e. The van der Waals surface area contributed by atoms with Crippen molar-refractivity contribution >= 4 is 11.4 Å². The highest BCUT2D eigenvalue weighted by atomic mass is 16.5. The van der Waals surface area contributed by atoms with Crippen molar-refractivity contribution in [3.05, 3.63) is 114 Å². The van der Waals surface area contributed by atoms with Gasteiger partial charge in [-0.25, -0.2) is 10.0 Å². The first kappa shape index (κ1) is 19.3. The molecular weight excluding hydrogens is 380 g/mol. The van der Waals surface area contributed by atoms with Crippen LogP contribution in [0.25, 0.3) is 28.1 Å². The Balaban J connectivity index is 1.69. The van der Waals surface area contributed by atoms with Gasteiger partial charge in [-0.3, -0.25) is 5.21 Å². The second-order valence-corrected chi connectivity index (χ2v) is 7.89. The summed E-state index contributed by atoms with van der Waals surface area (Å²) in [5, 5.41) is 12.4. The van der Waals surface area contributed by atoms with Crippen molar-refractivity contribution in [2.45, 2.75) is 19.8 Å². The van der Waals surface area contributed by atoms with Crippen molar-refractivity contribution in [2.75, 3.05) is 5.06 Å².